The fourth-order valence-electron chi connectivity index (χ4n) is 3.86. The number of carboxylic acids is 1. The monoisotopic (exact) mass is 502 g/mol. The lowest BCUT2D eigenvalue weighted by Gasteiger charge is -2.11. The van der Waals surface area contributed by atoms with Crippen LogP contribution in [0.25, 0.3) is 28.2 Å². The standard InChI is InChI=1S/C27H17F3N4O3/c28-27(29,30)20-8-2-6-18(13-20)25(35)32-21-9-3-5-17(14-21)23-10-11-31-24-15-22(33-34(23)24)16-4-1-7-19(12-16)26(36)37/h1-15H,(H,32,35)(H,36,37). The van der Waals surface area contributed by atoms with E-state index in [2.05, 4.69) is 15.4 Å². The number of anilines is 1. The molecule has 37 heavy (non-hydrogen) atoms. The van der Waals surface area contributed by atoms with Gasteiger partial charge in [-0.15, -0.1) is 0 Å². The highest BCUT2D eigenvalue weighted by atomic mass is 19.4. The summed E-state index contributed by atoms with van der Waals surface area (Å²) in [5.74, 6) is -1.73. The van der Waals surface area contributed by atoms with Crippen molar-refractivity contribution >= 4 is 23.2 Å². The van der Waals surface area contributed by atoms with Crippen molar-refractivity contribution in [1.29, 1.82) is 0 Å². The van der Waals surface area contributed by atoms with Gasteiger partial charge in [0.1, 0.15) is 0 Å². The highest BCUT2D eigenvalue weighted by Gasteiger charge is 2.30. The van der Waals surface area contributed by atoms with Gasteiger partial charge in [-0.1, -0.05) is 30.3 Å². The Morgan fingerprint density at radius 1 is 0.838 bits per heavy atom. The van der Waals surface area contributed by atoms with Crippen molar-refractivity contribution in [3.63, 3.8) is 0 Å². The number of hydrogen-bond acceptors (Lipinski definition) is 4. The van der Waals surface area contributed by atoms with Crippen molar-refractivity contribution in [3.8, 4) is 22.5 Å². The highest BCUT2D eigenvalue weighted by molar-refractivity contribution is 6.04. The second-order valence-corrected chi connectivity index (χ2v) is 8.13. The Hall–Kier alpha value is -4.99. The second-order valence-electron chi connectivity index (χ2n) is 8.13. The number of rotatable bonds is 5. The van der Waals surface area contributed by atoms with E-state index in [4.69, 9.17) is 0 Å². The molecule has 5 aromatic rings. The summed E-state index contributed by atoms with van der Waals surface area (Å²) < 4.78 is 40.7. The molecular weight excluding hydrogens is 485 g/mol. The number of carbonyl (C=O) groups is 2. The van der Waals surface area contributed by atoms with Crippen molar-refractivity contribution in [2.45, 2.75) is 6.18 Å². The van der Waals surface area contributed by atoms with Crippen molar-refractivity contribution in [2.24, 2.45) is 0 Å². The number of benzene rings is 3. The molecule has 0 aliphatic heterocycles. The van der Waals surface area contributed by atoms with E-state index in [-0.39, 0.29) is 11.1 Å². The molecule has 3 aromatic carbocycles. The molecule has 0 aliphatic rings. The van der Waals surface area contributed by atoms with Crippen LogP contribution in [-0.2, 0) is 6.18 Å². The average Bonchev–Trinajstić information content (AvgIpc) is 3.33. The van der Waals surface area contributed by atoms with Gasteiger partial charge in [0.2, 0.25) is 0 Å². The van der Waals surface area contributed by atoms with E-state index in [1.807, 2.05) is 0 Å². The number of carboxylic acid groups (broad SMARTS) is 1. The molecule has 5 rings (SSSR count). The SMILES string of the molecule is O=C(O)c1cccc(-c2cc3nccc(-c4cccc(NC(=O)c5cccc(C(F)(F)F)c5)c4)n3n2)c1. The maximum Gasteiger partial charge on any atom is 0.416 e. The zero-order valence-electron chi connectivity index (χ0n) is 18.9. The van der Waals surface area contributed by atoms with Gasteiger partial charge in [-0.05, 0) is 48.5 Å². The molecule has 7 nitrogen and oxygen atoms in total. The lowest BCUT2D eigenvalue weighted by atomic mass is 10.1. The summed E-state index contributed by atoms with van der Waals surface area (Å²) in [5.41, 5.74) is 2.45. The summed E-state index contributed by atoms with van der Waals surface area (Å²) in [5, 5.41) is 16.5. The molecule has 0 aliphatic carbocycles. The number of amides is 1. The molecule has 2 aromatic heterocycles. The summed E-state index contributed by atoms with van der Waals surface area (Å²) in [6.07, 6.45) is -2.96. The van der Waals surface area contributed by atoms with Crippen LogP contribution in [0.3, 0.4) is 0 Å². The molecule has 1 amide bonds. The smallest absolute Gasteiger partial charge is 0.416 e. The lowest BCUT2D eigenvalue weighted by Crippen LogP contribution is -2.14. The second kappa shape index (κ2) is 9.23. The Bertz CT molecular complexity index is 1660. The Morgan fingerprint density at radius 2 is 1.57 bits per heavy atom. The molecule has 0 spiro atoms. The van der Waals surface area contributed by atoms with Crippen LogP contribution < -0.4 is 5.32 Å². The van der Waals surface area contributed by atoms with E-state index in [1.165, 1.54) is 24.3 Å². The van der Waals surface area contributed by atoms with Gasteiger partial charge in [0.05, 0.1) is 22.5 Å². The third-order valence-electron chi connectivity index (χ3n) is 5.63. The molecule has 2 N–H and O–H groups in total. The third kappa shape index (κ3) is 4.90. The van der Waals surface area contributed by atoms with Crippen LogP contribution in [0.15, 0.2) is 91.1 Å². The number of halogens is 3. The normalized spacial score (nSPS) is 11.4. The fourth-order valence-corrected chi connectivity index (χ4v) is 3.86. The third-order valence-corrected chi connectivity index (χ3v) is 5.63. The van der Waals surface area contributed by atoms with Gasteiger partial charge in [-0.25, -0.2) is 14.3 Å². The van der Waals surface area contributed by atoms with Crippen molar-refractivity contribution in [3.05, 3.63) is 108 Å². The van der Waals surface area contributed by atoms with Crippen molar-refractivity contribution in [1.82, 2.24) is 14.6 Å². The molecule has 10 heteroatoms. The number of fused-ring (bicyclic) bond motifs is 1. The lowest BCUT2D eigenvalue weighted by molar-refractivity contribution is -0.137. The predicted molar refractivity (Wildman–Crippen MR) is 130 cm³/mol. The zero-order valence-corrected chi connectivity index (χ0v) is 18.9. The maximum absolute atomic E-state index is 13.0. The molecule has 2 heterocycles. The predicted octanol–water partition coefficient (Wildman–Crippen LogP) is 6.03. The Kier molecular flexibility index (Phi) is 5.92. The molecule has 0 atom stereocenters. The molecule has 0 unspecified atom stereocenters. The summed E-state index contributed by atoms with van der Waals surface area (Å²) >= 11 is 0. The maximum atomic E-state index is 13.0. The first-order valence-electron chi connectivity index (χ1n) is 11.0. The van der Waals surface area contributed by atoms with E-state index in [0.29, 0.717) is 33.8 Å². The van der Waals surface area contributed by atoms with Gasteiger partial charge in [-0.2, -0.15) is 18.3 Å². The Labute approximate surface area is 207 Å². The minimum atomic E-state index is -4.56. The van der Waals surface area contributed by atoms with Gasteiger partial charge >= 0.3 is 12.1 Å². The minimum Gasteiger partial charge on any atom is -0.478 e. The van der Waals surface area contributed by atoms with Gasteiger partial charge in [0, 0.05) is 34.6 Å². The van der Waals surface area contributed by atoms with E-state index < -0.39 is 23.6 Å². The number of alkyl halides is 3. The van der Waals surface area contributed by atoms with E-state index in [1.54, 1.807) is 59.2 Å². The first kappa shape index (κ1) is 23.7. The number of aromatic carboxylic acids is 1. The highest BCUT2D eigenvalue weighted by Crippen LogP contribution is 2.30. The van der Waals surface area contributed by atoms with E-state index in [0.717, 1.165) is 12.1 Å². The van der Waals surface area contributed by atoms with E-state index >= 15 is 0 Å². The Balaban J connectivity index is 1.46. The van der Waals surface area contributed by atoms with Crippen LogP contribution in [0.2, 0.25) is 0 Å². The van der Waals surface area contributed by atoms with Crippen LogP contribution >= 0.6 is 0 Å². The summed E-state index contributed by atoms with van der Waals surface area (Å²) in [4.78, 5) is 28.3. The van der Waals surface area contributed by atoms with Crippen LogP contribution in [-0.4, -0.2) is 31.6 Å². The quantitative estimate of drug-likeness (QED) is 0.306. The molecule has 0 saturated carbocycles. The summed E-state index contributed by atoms with van der Waals surface area (Å²) in [6.45, 7) is 0. The summed E-state index contributed by atoms with van der Waals surface area (Å²) in [6, 6.07) is 20.8. The molecular formula is C27H17F3N4O3. The first-order valence-corrected chi connectivity index (χ1v) is 11.0. The van der Waals surface area contributed by atoms with Gasteiger partial charge in [0.25, 0.3) is 5.91 Å². The first-order chi connectivity index (χ1) is 17.7. The van der Waals surface area contributed by atoms with Gasteiger partial charge in [-0.3, -0.25) is 4.79 Å². The number of nitrogens with one attached hydrogen (secondary N) is 1. The summed E-state index contributed by atoms with van der Waals surface area (Å²) in [7, 11) is 0. The number of nitrogens with zero attached hydrogens (tertiary/aromatic N) is 3. The molecule has 184 valence electrons. The zero-order chi connectivity index (χ0) is 26.2. The van der Waals surface area contributed by atoms with Crippen LogP contribution in [0.5, 0.6) is 0 Å². The van der Waals surface area contributed by atoms with Gasteiger partial charge < -0.3 is 10.4 Å². The average molecular weight is 502 g/mol. The fraction of sp³-hybridized carbons (Fsp3) is 0.0370. The van der Waals surface area contributed by atoms with Crippen LogP contribution in [0.4, 0.5) is 18.9 Å². The number of hydrogen-bond donors (Lipinski definition) is 2. The van der Waals surface area contributed by atoms with Crippen LogP contribution in [0.1, 0.15) is 26.3 Å². The Morgan fingerprint density at radius 3 is 2.35 bits per heavy atom. The molecule has 0 radical (unpaired) electrons. The number of aromatic nitrogens is 3. The topological polar surface area (TPSA) is 96.6 Å². The molecule has 0 bridgehead atoms. The van der Waals surface area contributed by atoms with Crippen molar-refractivity contribution < 1.29 is 27.9 Å². The van der Waals surface area contributed by atoms with E-state index in [9.17, 15) is 27.9 Å². The molecule has 0 saturated heterocycles. The molecule has 0 fully saturated rings. The van der Waals surface area contributed by atoms with Crippen LogP contribution in [0, 0.1) is 0 Å². The van der Waals surface area contributed by atoms with Gasteiger partial charge in [0.15, 0.2) is 5.65 Å². The largest absolute Gasteiger partial charge is 0.478 e. The van der Waals surface area contributed by atoms with Crippen molar-refractivity contribution in [2.75, 3.05) is 5.32 Å². The minimum absolute atomic E-state index is 0.119. The number of carbonyl (C=O) groups excluding carboxylic acids is 1.